The molecule has 0 heterocycles. The van der Waals surface area contributed by atoms with Crippen LogP contribution in [0.1, 0.15) is 24.8 Å². The van der Waals surface area contributed by atoms with Gasteiger partial charge < -0.3 is 5.73 Å². The molecular weight excluding hydrogens is 341 g/mol. The Bertz CT molecular complexity index is 649. The lowest BCUT2D eigenvalue weighted by Crippen LogP contribution is -2.40. The summed E-state index contributed by atoms with van der Waals surface area (Å²) in [5.41, 5.74) is 4.30. The Morgan fingerprint density at radius 3 is 2.59 bits per heavy atom. The lowest BCUT2D eigenvalue weighted by atomic mass is 10.1. The van der Waals surface area contributed by atoms with Crippen LogP contribution in [-0.4, -0.2) is 21.0 Å². The summed E-state index contributed by atoms with van der Waals surface area (Å²) in [6.07, 6.45) is -2.73. The lowest BCUT2D eigenvalue weighted by Gasteiger charge is -2.21. The SMILES string of the molecule is NCC1CCCC1NS(=O)(=O)c1c(Cl)cccc1C(F)(F)F. The molecule has 0 aromatic heterocycles. The molecule has 0 bridgehead atoms. The minimum atomic E-state index is -4.81. The molecule has 1 aliphatic carbocycles. The van der Waals surface area contributed by atoms with E-state index in [1.165, 1.54) is 0 Å². The average molecular weight is 357 g/mol. The van der Waals surface area contributed by atoms with E-state index in [0.29, 0.717) is 12.5 Å². The Kier molecular flexibility index (Phi) is 5.06. The number of alkyl halides is 3. The summed E-state index contributed by atoms with van der Waals surface area (Å²) in [5, 5.41) is -0.454. The van der Waals surface area contributed by atoms with E-state index >= 15 is 0 Å². The van der Waals surface area contributed by atoms with Gasteiger partial charge in [-0.15, -0.1) is 0 Å². The van der Waals surface area contributed by atoms with E-state index in [1.807, 2.05) is 0 Å². The van der Waals surface area contributed by atoms with Crippen molar-refractivity contribution in [2.45, 2.75) is 36.4 Å². The second-order valence-electron chi connectivity index (χ2n) is 5.27. The van der Waals surface area contributed by atoms with Crippen molar-refractivity contribution >= 4 is 21.6 Å². The van der Waals surface area contributed by atoms with Crippen molar-refractivity contribution < 1.29 is 21.6 Å². The highest BCUT2D eigenvalue weighted by atomic mass is 35.5. The normalized spacial score (nSPS) is 23.0. The van der Waals surface area contributed by atoms with Crippen molar-refractivity contribution in [3.05, 3.63) is 28.8 Å². The molecule has 0 spiro atoms. The molecule has 1 saturated carbocycles. The maximum atomic E-state index is 13.0. The summed E-state index contributed by atoms with van der Waals surface area (Å²) in [5.74, 6) is -0.0772. The predicted molar refractivity (Wildman–Crippen MR) is 77.0 cm³/mol. The van der Waals surface area contributed by atoms with Crippen molar-refractivity contribution in [3.8, 4) is 0 Å². The van der Waals surface area contributed by atoms with E-state index < -0.39 is 37.7 Å². The number of sulfonamides is 1. The smallest absolute Gasteiger partial charge is 0.330 e. The van der Waals surface area contributed by atoms with Gasteiger partial charge in [0.1, 0.15) is 4.90 Å². The molecule has 9 heteroatoms. The lowest BCUT2D eigenvalue weighted by molar-refractivity contribution is -0.139. The first-order chi connectivity index (χ1) is 10.2. The van der Waals surface area contributed by atoms with Gasteiger partial charge >= 0.3 is 6.18 Å². The van der Waals surface area contributed by atoms with E-state index in [4.69, 9.17) is 17.3 Å². The maximum Gasteiger partial charge on any atom is 0.417 e. The third-order valence-electron chi connectivity index (χ3n) is 3.81. The zero-order valence-corrected chi connectivity index (χ0v) is 13.1. The molecule has 2 rings (SSSR count). The third-order valence-corrected chi connectivity index (χ3v) is 5.83. The maximum absolute atomic E-state index is 13.0. The largest absolute Gasteiger partial charge is 0.417 e. The molecule has 1 aliphatic rings. The fraction of sp³-hybridized carbons (Fsp3) is 0.538. The van der Waals surface area contributed by atoms with E-state index in [2.05, 4.69) is 4.72 Å². The second kappa shape index (κ2) is 6.35. The topological polar surface area (TPSA) is 72.2 Å². The standard InChI is InChI=1S/C13H16ClF3N2O2S/c14-10-5-2-4-9(13(15,16)17)12(10)22(20,21)19-11-6-1-3-8(11)7-18/h2,4-5,8,11,19H,1,3,6-7,18H2. The van der Waals surface area contributed by atoms with Crippen molar-refractivity contribution in [2.24, 2.45) is 11.7 Å². The molecule has 3 N–H and O–H groups in total. The molecule has 0 saturated heterocycles. The Morgan fingerprint density at radius 1 is 1.32 bits per heavy atom. The summed E-state index contributed by atoms with van der Waals surface area (Å²) >= 11 is 5.73. The summed E-state index contributed by atoms with van der Waals surface area (Å²) in [4.78, 5) is -0.924. The van der Waals surface area contributed by atoms with Crippen LogP contribution in [0.15, 0.2) is 23.1 Å². The van der Waals surface area contributed by atoms with Gasteiger partial charge in [0.25, 0.3) is 0 Å². The third kappa shape index (κ3) is 3.56. The highest BCUT2D eigenvalue weighted by molar-refractivity contribution is 7.89. The van der Waals surface area contributed by atoms with Crippen LogP contribution in [-0.2, 0) is 16.2 Å². The van der Waals surface area contributed by atoms with Crippen LogP contribution in [0.3, 0.4) is 0 Å². The summed E-state index contributed by atoms with van der Waals surface area (Å²) < 4.78 is 66.3. The van der Waals surface area contributed by atoms with Crippen LogP contribution in [0.25, 0.3) is 0 Å². The average Bonchev–Trinajstić information content (AvgIpc) is 2.83. The number of hydrogen-bond acceptors (Lipinski definition) is 3. The van der Waals surface area contributed by atoms with E-state index in [9.17, 15) is 21.6 Å². The van der Waals surface area contributed by atoms with Gasteiger partial charge in [0.15, 0.2) is 0 Å². The summed E-state index contributed by atoms with van der Waals surface area (Å²) in [7, 11) is -4.39. The molecule has 0 amide bonds. The molecule has 124 valence electrons. The first kappa shape index (κ1) is 17.5. The number of rotatable bonds is 4. The van der Waals surface area contributed by atoms with Gasteiger partial charge in [-0.05, 0) is 37.4 Å². The van der Waals surface area contributed by atoms with Gasteiger partial charge in [0, 0.05) is 6.04 Å². The number of benzene rings is 1. The highest BCUT2D eigenvalue weighted by Crippen LogP contribution is 2.38. The molecule has 1 aromatic rings. The Balaban J connectivity index is 2.42. The van der Waals surface area contributed by atoms with Gasteiger partial charge in [-0.3, -0.25) is 0 Å². The zero-order chi connectivity index (χ0) is 16.5. The van der Waals surface area contributed by atoms with Crippen LogP contribution < -0.4 is 10.5 Å². The van der Waals surface area contributed by atoms with E-state index in [1.54, 1.807) is 0 Å². The summed E-state index contributed by atoms with van der Waals surface area (Å²) in [6.45, 7) is 0.280. The second-order valence-corrected chi connectivity index (χ2v) is 7.33. The Labute approximate surface area is 131 Å². The van der Waals surface area contributed by atoms with Gasteiger partial charge in [-0.25, -0.2) is 13.1 Å². The Hall–Kier alpha value is -0.830. The van der Waals surface area contributed by atoms with Crippen LogP contribution in [0.5, 0.6) is 0 Å². The molecule has 4 nitrogen and oxygen atoms in total. The minimum Gasteiger partial charge on any atom is -0.330 e. The number of nitrogens with one attached hydrogen (secondary N) is 1. The highest BCUT2D eigenvalue weighted by Gasteiger charge is 2.40. The van der Waals surface area contributed by atoms with Crippen molar-refractivity contribution in [1.82, 2.24) is 4.72 Å². The fourth-order valence-electron chi connectivity index (χ4n) is 2.74. The minimum absolute atomic E-state index is 0.0772. The molecule has 0 aliphatic heterocycles. The number of halogens is 4. The van der Waals surface area contributed by atoms with Gasteiger partial charge in [-0.1, -0.05) is 24.1 Å². The fourth-order valence-corrected chi connectivity index (χ4v) is 4.84. The zero-order valence-electron chi connectivity index (χ0n) is 11.5. The van der Waals surface area contributed by atoms with Crippen LogP contribution in [0, 0.1) is 5.92 Å². The van der Waals surface area contributed by atoms with Crippen molar-refractivity contribution in [2.75, 3.05) is 6.54 Å². The monoisotopic (exact) mass is 356 g/mol. The number of hydrogen-bond donors (Lipinski definition) is 2. The molecule has 1 fully saturated rings. The van der Waals surface area contributed by atoms with Crippen LogP contribution in [0.4, 0.5) is 13.2 Å². The van der Waals surface area contributed by atoms with E-state index in [0.717, 1.165) is 25.0 Å². The molecule has 2 atom stereocenters. The van der Waals surface area contributed by atoms with Crippen LogP contribution >= 0.6 is 11.6 Å². The molecule has 1 aromatic carbocycles. The van der Waals surface area contributed by atoms with Crippen LogP contribution in [0.2, 0.25) is 5.02 Å². The summed E-state index contributed by atoms with van der Waals surface area (Å²) in [6, 6.07) is 2.44. The first-order valence-corrected chi connectivity index (χ1v) is 8.61. The van der Waals surface area contributed by atoms with E-state index in [-0.39, 0.29) is 12.5 Å². The molecule has 0 radical (unpaired) electrons. The van der Waals surface area contributed by atoms with Crippen molar-refractivity contribution in [3.63, 3.8) is 0 Å². The molecule has 22 heavy (non-hydrogen) atoms. The first-order valence-electron chi connectivity index (χ1n) is 6.75. The predicted octanol–water partition coefficient (Wildman–Crippen LogP) is 2.76. The van der Waals surface area contributed by atoms with Crippen molar-refractivity contribution in [1.29, 1.82) is 0 Å². The Morgan fingerprint density at radius 2 is 2.00 bits per heavy atom. The quantitative estimate of drug-likeness (QED) is 0.871. The molecular formula is C13H16ClF3N2O2S. The van der Waals surface area contributed by atoms with Gasteiger partial charge in [-0.2, -0.15) is 13.2 Å². The van der Waals surface area contributed by atoms with Gasteiger partial charge in [0.2, 0.25) is 10.0 Å². The van der Waals surface area contributed by atoms with Gasteiger partial charge in [0.05, 0.1) is 10.6 Å². The molecule has 2 unspecified atom stereocenters. The number of nitrogens with two attached hydrogens (primary N) is 1.